The van der Waals surface area contributed by atoms with Crippen LogP contribution in [-0.4, -0.2) is 18.3 Å². The molecule has 0 aliphatic carbocycles. The van der Waals surface area contributed by atoms with Gasteiger partial charge in [0, 0.05) is 13.2 Å². The van der Waals surface area contributed by atoms with Crippen LogP contribution in [0.5, 0.6) is 0 Å². The summed E-state index contributed by atoms with van der Waals surface area (Å²) in [6.45, 7) is 1.93. The Morgan fingerprint density at radius 2 is 1.45 bits per heavy atom. The monoisotopic (exact) mass is 289 g/mol. The maximum absolute atomic E-state index is 8.88. The molecule has 2 N–H and O–H groups in total. The van der Waals surface area contributed by atoms with E-state index in [2.05, 4.69) is 59.9 Å². The van der Waals surface area contributed by atoms with Crippen LogP contribution in [0.25, 0.3) is 32.3 Å². The molecule has 0 unspecified atom stereocenters. The summed E-state index contributed by atoms with van der Waals surface area (Å²) in [6, 6.07) is 19.8. The van der Waals surface area contributed by atoms with Crippen LogP contribution >= 0.6 is 0 Å². The molecule has 0 saturated heterocycles. The zero-order valence-corrected chi connectivity index (χ0v) is 12.5. The van der Waals surface area contributed by atoms with E-state index in [-0.39, 0.29) is 6.61 Å². The molecular weight excluding hydrogens is 270 g/mol. The highest BCUT2D eigenvalue weighted by Crippen LogP contribution is 2.35. The quantitative estimate of drug-likeness (QED) is 0.429. The van der Waals surface area contributed by atoms with E-state index in [1.54, 1.807) is 0 Å². The van der Waals surface area contributed by atoms with Crippen molar-refractivity contribution in [2.24, 2.45) is 0 Å². The Bertz CT molecular complexity index is 913. The predicted octanol–water partition coefficient (Wildman–Crippen LogP) is 4.06. The standard InChI is InChI=1S/C20H19NO/c22-12-2-11-21-13-17-8-7-16-6-5-14-3-1-4-15-9-10-18(17)20(16)19(14)15/h1,3-10,21-22H,2,11-13H2. The van der Waals surface area contributed by atoms with Gasteiger partial charge in [-0.2, -0.15) is 0 Å². The molecule has 110 valence electrons. The molecule has 0 heterocycles. The van der Waals surface area contributed by atoms with Crippen molar-refractivity contribution < 1.29 is 5.11 Å². The topological polar surface area (TPSA) is 32.3 Å². The molecule has 0 saturated carbocycles. The second kappa shape index (κ2) is 5.56. The Balaban J connectivity index is 1.89. The van der Waals surface area contributed by atoms with E-state index in [0.29, 0.717) is 0 Å². The first-order chi connectivity index (χ1) is 10.9. The first-order valence-corrected chi connectivity index (χ1v) is 7.85. The van der Waals surface area contributed by atoms with Crippen molar-refractivity contribution in [1.29, 1.82) is 0 Å². The van der Waals surface area contributed by atoms with Gasteiger partial charge in [0.25, 0.3) is 0 Å². The van der Waals surface area contributed by atoms with Crippen LogP contribution in [0.2, 0.25) is 0 Å². The molecule has 0 radical (unpaired) electrons. The average Bonchev–Trinajstić information content (AvgIpc) is 2.57. The first kappa shape index (κ1) is 13.5. The molecular formula is C20H19NO. The fourth-order valence-electron chi connectivity index (χ4n) is 3.38. The van der Waals surface area contributed by atoms with Crippen molar-refractivity contribution >= 4 is 32.3 Å². The van der Waals surface area contributed by atoms with E-state index in [9.17, 15) is 0 Å². The summed E-state index contributed by atoms with van der Waals surface area (Å²) < 4.78 is 0. The van der Waals surface area contributed by atoms with Crippen LogP contribution in [0.1, 0.15) is 12.0 Å². The molecule has 0 bridgehead atoms. The molecule has 0 spiro atoms. The average molecular weight is 289 g/mol. The normalized spacial score (nSPS) is 11.9. The van der Waals surface area contributed by atoms with Gasteiger partial charge in [0.15, 0.2) is 0 Å². The molecule has 0 aromatic heterocycles. The lowest BCUT2D eigenvalue weighted by atomic mass is 9.92. The highest BCUT2D eigenvalue weighted by molar-refractivity contribution is 6.23. The van der Waals surface area contributed by atoms with Gasteiger partial charge in [-0.1, -0.05) is 54.6 Å². The summed E-state index contributed by atoms with van der Waals surface area (Å²) >= 11 is 0. The molecule has 4 rings (SSSR count). The van der Waals surface area contributed by atoms with Gasteiger partial charge in [-0.25, -0.2) is 0 Å². The molecule has 2 heteroatoms. The molecule has 0 aliphatic rings. The van der Waals surface area contributed by atoms with E-state index < -0.39 is 0 Å². The highest BCUT2D eigenvalue weighted by Gasteiger charge is 2.10. The minimum absolute atomic E-state index is 0.242. The van der Waals surface area contributed by atoms with E-state index >= 15 is 0 Å². The summed E-state index contributed by atoms with van der Waals surface area (Å²) in [4.78, 5) is 0. The Labute approximate surface area is 129 Å². The van der Waals surface area contributed by atoms with E-state index in [1.807, 2.05) is 0 Å². The SMILES string of the molecule is OCCCNCc1ccc2ccc3cccc4ccc1c2c34. The van der Waals surface area contributed by atoms with Gasteiger partial charge in [-0.15, -0.1) is 0 Å². The van der Waals surface area contributed by atoms with Gasteiger partial charge in [-0.05, 0) is 50.8 Å². The number of hydrogen-bond donors (Lipinski definition) is 2. The lowest BCUT2D eigenvalue weighted by molar-refractivity contribution is 0.286. The zero-order chi connectivity index (χ0) is 14.9. The highest BCUT2D eigenvalue weighted by atomic mass is 16.3. The van der Waals surface area contributed by atoms with Crippen LogP contribution in [0.15, 0.2) is 54.6 Å². The Hall–Kier alpha value is -2.16. The van der Waals surface area contributed by atoms with E-state index in [1.165, 1.54) is 37.9 Å². The number of hydrogen-bond acceptors (Lipinski definition) is 2. The van der Waals surface area contributed by atoms with Crippen LogP contribution < -0.4 is 5.32 Å². The zero-order valence-electron chi connectivity index (χ0n) is 12.5. The van der Waals surface area contributed by atoms with Crippen molar-refractivity contribution in [1.82, 2.24) is 5.32 Å². The summed E-state index contributed by atoms with van der Waals surface area (Å²) in [5, 5.41) is 20.3. The second-order valence-electron chi connectivity index (χ2n) is 5.83. The number of aliphatic hydroxyl groups is 1. The fraction of sp³-hybridized carbons (Fsp3) is 0.200. The summed E-state index contributed by atoms with van der Waals surface area (Å²) in [5.74, 6) is 0. The van der Waals surface area contributed by atoms with Gasteiger partial charge in [0.05, 0.1) is 0 Å². The smallest absolute Gasteiger partial charge is 0.0443 e. The fourth-order valence-corrected chi connectivity index (χ4v) is 3.38. The maximum atomic E-state index is 8.88. The van der Waals surface area contributed by atoms with Crippen molar-refractivity contribution in [3.05, 3.63) is 60.2 Å². The van der Waals surface area contributed by atoms with Crippen LogP contribution in [-0.2, 0) is 6.54 Å². The lowest BCUT2D eigenvalue weighted by Crippen LogP contribution is -2.15. The summed E-state index contributed by atoms with van der Waals surface area (Å²) in [6.07, 6.45) is 0.797. The van der Waals surface area contributed by atoms with Crippen LogP contribution in [0, 0.1) is 0 Å². The molecule has 4 aromatic rings. The number of aliphatic hydroxyl groups excluding tert-OH is 1. The third-order valence-corrected chi connectivity index (χ3v) is 4.45. The summed E-state index contributed by atoms with van der Waals surface area (Å²) in [7, 11) is 0. The molecule has 0 fully saturated rings. The number of nitrogens with one attached hydrogen (secondary N) is 1. The first-order valence-electron chi connectivity index (χ1n) is 7.85. The largest absolute Gasteiger partial charge is 0.396 e. The van der Waals surface area contributed by atoms with Gasteiger partial charge in [0.1, 0.15) is 0 Å². The number of rotatable bonds is 5. The third kappa shape index (κ3) is 2.12. The van der Waals surface area contributed by atoms with Gasteiger partial charge >= 0.3 is 0 Å². The molecule has 0 atom stereocenters. The lowest BCUT2D eigenvalue weighted by Gasteiger charge is -2.14. The van der Waals surface area contributed by atoms with E-state index in [0.717, 1.165) is 19.5 Å². The molecule has 22 heavy (non-hydrogen) atoms. The Kier molecular flexibility index (Phi) is 3.41. The second-order valence-corrected chi connectivity index (χ2v) is 5.83. The third-order valence-electron chi connectivity index (χ3n) is 4.45. The Morgan fingerprint density at radius 3 is 2.23 bits per heavy atom. The molecule has 0 amide bonds. The van der Waals surface area contributed by atoms with Crippen LogP contribution in [0.3, 0.4) is 0 Å². The number of benzene rings is 4. The van der Waals surface area contributed by atoms with Crippen LogP contribution in [0.4, 0.5) is 0 Å². The van der Waals surface area contributed by atoms with Crippen molar-refractivity contribution in [2.45, 2.75) is 13.0 Å². The Morgan fingerprint density at radius 1 is 0.773 bits per heavy atom. The molecule has 0 aliphatic heterocycles. The minimum atomic E-state index is 0.242. The molecule has 2 nitrogen and oxygen atoms in total. The minimum Gasteiger partial charge on any atom is -0.396 e. The van der Waals surface area contributed by atoms with E-state index in [4.69, 9.17) is 5.11 Å². The van der Waals surface area contributed by atoms with Gasteiger partial charge < -0.3 is 10.4 Å². The van der Waals surface area contributed by atoms with Crippen molar-refractivity contribution in [2.75, 3.05) is 13.2 Å². The summed E-state index contributed by atoms with van der Waals surface area (Å²) in [5.41, 5.74) is 1.32. The predicted molar refractivity (Wildman–Crippen MR) is 93.6 cm³/mol. The van der Waals surface area contributed by atoms with Gasteiger partial charge in [-0.3, -0.25) is 0 Å². The maximum Gasteiger partial charge on any atom is 0.0443 e. The van der Waals surface area contributed by atoms with Gasteiger partial charge in [0.2, 0.25) is 0 Å². The molecule has 4 aromatic carbocycles. The van der Waals surface area contributed by atoms with Crippen molar-refractivity contribution in [3.8, 4) is 0 Å². The van der Waals surface area contributed by atoms with Crippen molar-refractivity contribution in [3.63, 3.8) is 0 Å².